The van der Waals surface area contributed by atoms with E-state index in [-0.39, 0.29) is 11.1 Å². The SMILES string of the molecule is CNC(=O)c1cc(C(=O)N(C)CC(=O)O)cc([N+](=O)[O-])c1. The molecule has 0 bridgehead atoms. The summed E-state index contributed by atoms with van der Waals surface area (Å²) in [5.74, 6) is -2.54. The van der Waals surface area contributed by atoms with Gasteiger partial charge < -0.3 is 15.3 Å². The van der Waals surface area contributed by atoms with E-state index < -0.39 is 34.9 Å². The molecule has 0 saturated carbocycles. The first-order valence-corrected chi connectivity index (χ1v) is 5.75. The summed E-state index contributed by atoms with van der Waals surface area (Å²) in [4.78, 5) is 45.1. The van der Waals surface area contributed by atoms with Gasteiger partial charge in [0, 0.05) is 37.4 Å². The lowest BCUT2D eigenvalue weighted by atomic mass is 10.1. The molecule has 1 rings (SSSR count). The first kappa shape index (κ1) is 16.1. The van der Waals surface area contributed by atoms with Gasteiger partial charge in [0.1, 0.15) is 6.54 Å². The second kappa shape index (κ2) is 6.46. The van der Waals surface area contributed by atoms with Crippen LogP contribution in [0.5, 0.6) is 0 Å². The number of non-ortho nitro benzene ring substituents is 1. The number of amides is 2. The molecule has 0 aliphatic rings. The maximum Gasteiger partial charge on any atom is 0.323 e. The molecule has 9 nitrogen and oxygen atoms in total. The molecule has 2 N–H and O–H groups in total. The van der Waals surface area contributed by atoms with Crippen LogP contribution < -0.4 is 5.32 Å². The number of hydrogen-bond donors (Lipinski definition) is 2. The first-order chi connectivity index (χ1) is 9.76. The Kier molecular flexibility index (Phi) is 4.95. The van der Waals surface area contributed by atoms with Crippen LogP contribution in [0.4, 0.5) is 5.69 Å². The molecular formula is C12H13N3O6. The highest BCUT2D eigenvalue weighted by molar-refractivity contribution is 6.01. The van der Waals surface area contributed by atoms with Gasteiger partial charge in [0.15, 0.2) is 0 Å². The van der Waals surface area contributed by atoms with Gasteiger partial charge >= 0.3 is 5.97 Å². The zero-order chi connectivity index (χ0) is 16.2. The molecule has 0 heterocycles. The van der Waals surface area contributed by atoms with E-state index in [0.717, 1.165) is 17.0 Å². The second-order valence-electron chi connectivity index (χ2n) is 4.16. The summed E-state index contributed by atoms with van der Waals surface area (Å²) in [6.45, 7) is -0.559. The molecule has 2 amide bonds. The zero-order valence-corrected chi connectivity index (χ0v) is 11.3. The minimum absolute atomic E-state index is 0.0567. The first-order valence-electron chi connectivity index (χ1n) is 5.75. The van der Waals surface area contributed by atoms with E-state index in [1.807, 2.05) is 0 Å². The van der Waals surface area contributed by atoms with Gasteiger partial charge in [-0.15, -0.1) is 0 Å². The number of nitrogens with one attached hydrogen (secondary N) is 1. The lowest BCUT2D eigenvalue weighted by Gasteiger charge is -2.14. The molecule has 0 saturated heterocycles. The van der Waals surface area contributed by atoms with E-state index in [1.165, 1.54) is 20.2 Å². The molecule has 0 unspecified atom stereocenters. The van der Waals surface area contributed by atoms with Crippen LogP contribution in [0.25, 0.3) is 0 Å². The number of hydrogen-bond acceptors (Lipinski definition) is 5. The molecule has 0 aliphatic carbocycles. The molecule has 0 aliphatic heterocycles. The van der Waals surface area contributed by atoms with Crippen LogP contribution in [-0.4, -0.2) is 53.4 Å². The number of benzene rings is 1. The van der Waals surface area contributed by atoms with Gasteiger partial charge in [-0.05, 0) is 6.07 Å². The van der Waals surface area contributed by atoms with Gasteiger partial charge in [-0.2, -0.15) is 0 Å². The Bertz CT molecular complexity index is 613. The summed E-state index contributed by atoms with van der Waals surface area (Å²) in [5.41, 5.74) is -0.617. The average Bonchev–Trinajstić information content (AvgIpc) is 2.44. The highest BCUT2D eigenvalue weighted by atomic mass is 16.6. The fourth-order valence-corrected chi connectivity index (χ4v) is 1.61. The van der Waals surface area contributed by atoms with Crippen LogP contribution in [0.3, 0.4) is 0 Å². The number of nitrogens with zero attached hydrogens (tertiary/aromatic N) is 2. The van der Waals surface area contributed by atoms with Crippen molar-refractivity contribution < 1.29 is 24.4 Å². The number of rotatable bonds is 5. The topological polar surface area (TPSA) is 130 Å². The zero-order valence-electron chi connectivity index (χ0n) is 11.3. The van der Waals surface area contributed by atoms with Gasteiger partial charge in [-0.25, -0.2) is 0 Å². The van der Waals surface area contributed by atoms with Crippen LogP contribution in [0.1, 0.15) is 20.7 Å². The molecule has 0 atom stereocenters. The number of nitro benzene ring substituents is 1. The number of carboxylic acid groups (broad SMARTS) is 1. The molecule has 21 heavy (non-hydrogen) atoms. The second-order valence-corrected chi connectivity index (χ2v) is 4.16. The highest BCUT2D eigenvalue weighted by Gasteiger charge is 2.20. The predicted molar refractivity (Wildman–Crippen MR) is 71.1 cm³/mol. The molecule has 0 fully saturated rings. The standard InChI is InChI=1S/C12H13N3O6/c1-13-11(18)7-3-8(5-9(4-7)15(20)21)12(19)14(2)6-10(16)17/h3-5H,6H2,1-2H3,(H,13,18)(H,16,17). The van der Waals surface area contributed by atoms with Gasteiger partial charge in [0.05, 0.1) is 4.92 Å². The third kappa shape index (κ3) is 4.00. The predicted octanol–water partition coefficient (Wildman–Crippen LogP) is 0.111. The Hall–Kier alpha value is -2.97. The number of aliphatic carboxylic acids is 1. The van der Waals surface area contributed by atoms with Crippen LogP contribution in [0, 0.1) is 10.1 Å². The Morgan fingerprint density at radius 2 is 1.86 bits per heavy atom. The monoisotopic (exact) mass is 295 g/mol. The summed E-state index contributed by atoms with van der Waals surface area (Å²) in [5, 5.41) is 21.8. The Morgan fingerprint density at radius 1 is 1.29 bits per heavy atom. The smallest absolute Gasteiger partial charge is 0.323 e. The lowest BCUT2D eigenvalue weighted by molar-refractivity contribution is -0.384. The van der Waals surface area contributed by atoms with Crippen molar-refractivity contribution in [1.29, 1.82) is 0 Å². The van der Waals surface area contributed by atoms with Crippen LogP contribution >= 0.6 is 0 Å². The Labute approximate surface area is 119 Å². The largest absolute Gasteiger partial charge is 0.480 e. The maximum absolute atomic E-state index is 12.0. The van der Waals surface area contributed by atoms with E-state index in [9.17, 15) is 24.5 Å². The van der Waals surface area contributed by atoms with Crippen molar-refractivity contribution in [2.75, 3.05) is 20.6 Å². The number of carbonyl (C=O) groups is 3. The van der Waals surface area contributed by atoms with Crippen molar-refractivity contribution in [1.82, 2.24) is 10.2 Å². The fraction of sp³-hybridized carbons (Fsp3) is 0.250. The Balaban J connectivity index is 3.25. The van der Waals surface area contributed by atoms with Gasteiger partial charge in [-0.3, -0.25) is 24.5 Å². The van der Waals surface area contributed by atoms with E-state index in [0.29, 0.717) is 0 Å². The summed E-state index contributed by atoms with van der Waals surface area (Å²) in [6, 6.07) is 3.20. The van der Waals surface area contributed by atoms with Crippen LogP contribution in [0.2, 0.25) is 0 Å². The fourth-order valence-electron chi connectivity index (χ4n) is 1.61. The van der Waals surface area contributed by atoms with Crippen molar-refractivity contribution in [3.05, 3.63) is 39.4 Å². The van der Waals surface area contributed by atoms with Gasteiger partial charge in [0.2, 0.25) is 0 Å². The molecule has 1 aromatic rings. The quantitative estimate of drug-likeness (QED) is 0.585. The third-order valence-electron chi connectivity index (χ3n) is 2.58. The van der Waals surface area contributed by atoms with Gasteiger partial charge in [0.25, 0.3) is 17.5 Å². The number of nitro groups is 1. The molecule has 112 valence electrons. The average molecular weight is 295 g/mol. The third-order valence-corrected chi connectivity index (χ3v) is 2.58. The van der Waals surface area contributed by atoms with Crippen molar-refractivity contribution in [2.45, 2.75) is 0 Å². The highest BCUT2D eigenvalue weighted by Crippen LogP contribution is 2.18. The van der Waals surface area contributed by atoms with Crippen molar-refractivity contribution in [3.63, 3.8) is 0 Å². The summed E-state index contributed by atoms with van der Waals surface area (Å²) >= 11 is 0. The maximum atomic E-state index is 12.0. The van der Waals surface area contributed by atoms with E-state index >= 15 is 0 Å². The molecule has 0 radical (unpaired) electrons. The number of carboxylic acids is 1. The summed E-state index contributed by atoms with van der Waals surface area (Å²) in [6.07, 6.45) is 0. The molecule has 0 aromatic heterocycles. The lowest BCUT2D eigenvalue weighted by Crippen LogP contribution is -2.32. The number of carbonyl (C=O) groups excluding carboxylic acids is 2. The Morgan fingerprint density at radius 3 is 2.33 bits per heavy atom. The molecule has 1 aromatic carbocycles. The minimum Gasteiger partial charge on any atom is -0.480 e. The summed E-state index contributed by atoms with van der Waals surface area (Å²) in [7, 11) is 2.59. The summed E-state index contributed by atoms with van der Waals surface area (Å²) < 4.78 is 0. The van der Waals surface area contributed by atoms with Crippen LogP contribution in [0.15, 0.2) is 18.2 Å². The van der Waals surface area contributed by atoms with Crippen molar-refractivity contribution in [3.8, 4) is 0 Å². The normalized spacial score (nSPS) is 9.81. The van der Waals surface area contributed by atoms with Crippen molar-refractivity contribution in [2.24, 2.45) is 0 Å². The van der Waals surface area contributed by atoms with Crippen molar-refractivity contribution >= 4 is 23.5 Å². The van der Waals surface area contributed by atoms with E-state index in [2.05, 4.69) is 5.32 Å². The molecule has 9 heteroatoms. The van der Waals surface area contributed by atoms with E-state index in [4.69, 9.17) is 5.11 Å². The van der Waals surface area contributed by atoms with Crippen LogP contribution in [-0.2, 0) is 4.79 Å². The van der Waals surface area contributed by atoms with E-state index in [1.54, 1.807) is 0 Å². The number of likely N-dealkylation sites (N-methyl/N-ethyl adjacent to an activating group) is 1. The minimum atomic E-state index is -1.22. The van der Waals surface area contributed by atoms with Gasteiger partial charge in [-0.1, -0.05) is 0 Å². The molecular weight excluding hydrogens is 282 g/mol. The molecule has 0 spiro atoms.